The Labute approximate surface area is 128 Å². The monoisotopic (exact) mass is 342 g/mol. The van der Waals surface area contributed by atoms with E-state index in [0.29, 0.717) is 11.6 Å². The van der Waals surface area contributed by atoms with Crippen LogP contribution in [0.25, 0.3) is 0 Å². The number of rotatable bonds is 2. The molecule has 1 aliphatic carbocycles. The molecule has 3 rings (SSSR count). The summed E-state index contributed by atoms with van der Waals surface area (Å²) in [4.78, 5) is 4.25. The predicted molar refractivity (Wildman–Crippen MR) is 85.7 cm³/mol. The van der Waals surface area contributed by atoms with E-state index in [-0.39, 0.29) is 0 Å². The van der Waals surface area contributed by atoms with Gasteiger partial charge in [-0.1, -0.05) is 19.3 Å². The number of hydrogen-bond donors (Lipinski definition) is 1. The summed E-state index contributed by atoms with van der Waals surface area (Å²) in [5, 5.41) is 5.91. The van der Waals surface area contributed by atoms with E-state index in [1.807, 2.05) is 11.3 Å². The summed E-state index contributed by atoms with van der Waals surface area (Å²) in [6, 6.07) is 2.80. The predicted octanol–water partition coefficient (Wildman–Crippen LogP) is 4.01. The van der Waals surface area contributed by atoms with E-state index < -0.39 is 0 Å². The Morgan fingerprint density at radius 3 is 2.89 bits per heavy atom. The molecule has 1 aliphatic heterocycles. The molecule has 0 aromatic carbocycles. The van der Waals surface area contributed by atoms with Crippen molar-refractivity contribution in [1.82, 2.24) is 10.2 Å². The molecule has 1 N–H and O–H groups in total. The third-order valence-electron chi connectivity index (χ3n) is 4.75. The number of nitrogens with one attached hydrogen (secondary N) is 1. The van der Waals surface area contributed by atoms with E-state index in [9.17, 15) is 0 Å². The Kier molecular flexibility index (Phi) is 4.32. The number of nitrogens with zero attached hydrogens (tertiary/aromatic N) is 1. The third-order valence-corrected chi connectivity index (χ3v) is 6.67. The van der Waals surface area contributed by atoms with Crippen molar-refractivity contribution in [2.24, 2.45) is 0 Å². The summed E-state index contributed by atoms with van der Waals surface area (Å²) in [5.74, 6) is 0. The van der Waals surface area contributed by atoms with Crippen LogP contribution in [0, 0.1) is 0 Å². The van der Waals surface area contributed by atoms with Gasteiger partial charge in [0.15, 0.2) is 0 Å². The van der Waals surface area contributed by atoms with Gasteiger partial charge < -0.3 is 5.32 Å². The van der Waals surface area contributed by atoms with Crippen molar-refractivity contribution in [3.8, 4) is 0 Å². The van der Waals surface area contributed by atoms with Crippen LogP contribution in [0.3, 0.4) is 0 Å². The van der Waals surface area contributed by atoms with Gasteiger partial charge in [0.2, 0.25) is 0 Å². The summed E-state index contributed by atoms with van der Waals surface area (Å²) in [5.41, 5.74) is 0.425. The fraction of sp³-hybridized carbons (Fsp3) is 0.733. The number of thiophene rings is 1. The van der Waals surface area contributed by atoms with Gasteiger partial charge in [0, 0.05) is 40.6 Å². The molecule has 0 radical (unpaired) electrons. The van der Waals surface area contributed by atoms with Gasteiger partial charge >= 0.3 is 0 Å². The molecule has 2 fully saturated rings. The van der Waals surface area contributed by atoms with E-state index in [1.54, 1.807) is 0 Å². The first kappa shape index (κ1) is 14.1. The zero-order chi connectivity index (χ0) is 13.3. The van der Waals surface area contributed by atoms with Crippen molar-refractivity contribution in [3.63, 3.8) is 0 Å². The lowest BCUT2D eigenvalue weighted by atomic mass is 9.78. The fourth-order valence-electron chi connectivity index (χ4n) is 3.61. The fourth-order valence-corrected chi connectivity index (χ4v) is 5.10. The zero-order valence-electron chi connectivity index (χ0n) is 11.6. The topological polar surface area (TPSA) is 15.3 Å². The molecule has 1 spiro atoms. The van der Waals surface area contributed by atoms with Crippen molar-refractivity contribution in [3.05, 3.63) is 20.8 Å². The second-order valence-electron chi connectivity index (χ2n) is 6.14. The molecule has 1 aromatic rings. The maximum atomic E-state index is 3.72. The molecule has 0 amide bonds. The summed E-state index contributed by atoms with van der Waals surface area (Å²) < 4.78 is 1.29. The molecule has 19 heavy (non-hydrogen) atoms. The normalized spacial score (nSPS) is 27.8. The summed E-state index contributed by atoms with van der Waals surface area (Å²) >= 11 is 5.57. The van der Waals surface area contributed by atoms with Crippen LogP contribution in [0.2, 0.25) is 0 Å². The van der Waals surface area contributed by atoms with Crippen LogP contribution >= 0.6 is 27.3 Å². The first-order valence-electron chi connectivity index (χ1n) is 7.40. The smallest absolute Gasteiger partial charge is 0.0346 e. The van der Waals surface area contributed by atoms with Crippen LogP contribution in [0.1, 0.15) is 43.9 Å². The largest absolute Gasteiger partial charge is 0.311 e. The van der Waals surface area contributed by atoms with Crippen LogP contribution in [-0.4, -0.2) is 29.6 Å². The number of halogens is 1. The molecule has 4 heteroatoms. The number of hydrogen-bond acceptors (Lipinski definition) is 3. The maximum absolute atomic E-state index is 3.72. The Morgan fingerprint density at radius 2 is 2.21 bits per heavy atom. The minimum absolute atomic E-state index is 0.425. The van der Waals surface area contributed by atoms with Crippen molar-refractivity contribution in [2.75, 3.05) is 13.1 Å². The highest BCUT2D eigenvalue weighted by Crippen LogP contribution is 2.37. The lowest BCUT2D eigenvalue weighted by Crippen LogP contribution is -2.64. The highest BCUT2D eigenvalue weighted by Gasteiger charge is 2.41. The summed E-state index contributed by atoms with van der Waals surface area (Å²) in [6.07, 6.45) is 6.97. The molecule has 2 nitrogen and oxygen atoms in total. The quantitative estimate of drug-likeness (QED) is 0.873. The van der Waals surface area contributed by atoms with Gasteiger partial charge in [0.25, 0.3) is 0 Å². The van der Waals surface area contributed by atoms with Gasteiger partial charge in [0.05, 0.1) is 0 Å². The first-order chi connectivity index (χ1) is 9.20. The van der Waals surface area contributed by atoms with Crippen molar-refractivity contribution in [1.29, 1.82) is 0 Å². The molecule has 1 aromatic heterocycles. The van der Waals surface area contributed by atoms with E-state index in [0.717, 1.165) is 6.54 Å². The highest BCUT2D eigenvalue weighted by molar-refractivity contribution is 9.10. The molecular weight excluding hydrogens is 320 g/mol. The molecule has 2 aliphatic rings. The van der Waals surface area contributed by atoms with Crippen molar-refractivity contribution in [2.45, 2.75) is 57.2 Å². The molecule has 1 unspecified atom stereocenters. The Bertz CT molecular complexity index is 426. The van der Waals surface area contributed by atoms with Gasteiger partial charge in [-0.3, -0.25) is 4.90 Å². The van der Waals surface area contributed by atoms with Gasteiger partial charge in [-0.25, -0.2) is 0 Å². The van der Waals surface area contributed by atoms with Crippen LogP contribution in [0.4, 0.5) is 0 Å². The molecule has 1 saturated heterocycles. The van der Waals surface area contributed by atoms with Crippen LogP contribution in [0.5, 0.6) is 0 Å². The molecular formula is C15H23BrN2S. The first-order valence-corrected chi connectivity index (χ1v) is 9.07. The Hall–Kier alpha value is 0.1000. The molecule has 1 saturated carbocycles. The minimum Gasteiger partial charge on any atom is -0.311 e. The van der Waals surface area contributed by atoms with E-state index >= 15 is 0 Å². The highest BCUT2D eigenvalue weighted by atomic mass is 79.9. The molecule has 106 valence electrons. The van der Waals surface area contributed by atoms with Gasteiger partial charge in [-0.2, -0.15) is 0 Å². The zero-order valence-corrected chi connectivity index (χ0v) is 14.0. The van der Waals surface area contributed by atoms with Crippen LogP contribution in [-0.2, 0) is 6.54 Å². The average Bonchev–Trinajstić information content (AvgIpc) is 2.81. The minimum atomic E-state index is 0.425. The summed E-state index contributed by atoms with van der Waals surface area (Å²) in [6.45, 7) is 5.79. The van der Waals surface area contributed by atoms with Crippen LogP contribution in [0.15, 0.2) is 15.9 Å². The van der Waals surface area contributed by atoms with Crippen LogP contribution < -0.4 is 5.32 Å². The average molecular weight is 343 g/mol. The van der Waals surface area contributed by atoms with E-state index in [4.69, 9.17) is 0 Å². The SMILES string of the molecule is CC1CN(Cc2sccc2Br)C2(CCCCC2)CN1. The van der Waals surface area contributed by atoms with Gasteiger partial charge in [-0.05, 0) is 47.1 Å². The maximum Gasteiger partial charge on any atom is 0.0346 e. The lowest BCUT2D eigenvalue weighted by Gasteiger charge is -2.51. The van der Waals surface area contributed by atoms with Crippen molar-refractivity contribution >= 4 is 27.3 Å². The standard InChI is InChI=1S/C15H23BrN2S/c1-12-9-18(10-14-13(16)5-8-19-14)15(11-17-12)6-3-2-4-7-15/h5,8,12,17H,2-4,6-7,9-11H2,1H3. The molecule has 1 atom stereocenters. The second kappa shape index (κ2) is 5.84. The third kappa shape index (κ3) is 2.92. The second-order valence-corrected chi connectivity index (χ2v) is 7.99. The van der Waals surface area contributed by atoms with E-state index in [2.05, 4.69) is 44.5 Å². The number of piperazine rings is 1. The van der Waals surface area contributed by atoms with Gasteiger partial charge in [-0.15, -0.1) is 11.3 Å². The molecule has 0 bridgehead atoms. The van der Waals surface area contributed by atoms with Gasteiger partial charge in [0.1, 0.15) is 0 Å². The Balaban J connectivity index is 1.79. The Morgan fingerprint density at radius 1 is 1.42 bits per heavy atom. The van der Waals surface area contributed by atoms with E-state index in [1.165, 1.54) is 54.5 Å². The molecule has 2 heterocycles. The van der Waals surface area contributed by atoms with Crippen molar-refractivity contribution < 1.29 is 0 Å². The summed E-state index contributed by atoms with van der Waals surface area (Å²) in [7, 11) is 0. The lowest BCUT2D eigenvalue weighted by molar-refractivity contribution is 0.00679.